The highest BCUT2D eigenvalue weighted by Crippen LogP contribution is 2.19. The molecule has 26 heavy (non-hydrogen) atoms. The van der Waals surface area contributed by atoms with Gasteiger partial charge in [0.2, 0.25) is 10.0 Å². The second-order valence-electron chi connectivity index (χ2n) is 5.78. The predicted molar refractivity (Wildman–Crippen MR) is 87.4 cm³/mol. The molecule has 0 bridgehead atoms. The van der Waals surface area contributed by atoms with Gasteiger partial charge in [-0.2, -0.15) is 4.31 Å². The number of amides is 1. The van der Waals surface area contributed by atoms with Gasteiger partial charge in [0.25, 0.3) is 5.91 Å². The van der Waals surface area contributed by atoms with Gasteiger partial charge in [0.15, 0.2) is 11.6 Å². The summed E-state index contributed by atoms with van der Waals surface area (Å²) >= 11 is 0. The lowest BCUT2D eigenvalue weighted by molar-refractivity contribution is 0.0697. The normalized spacial score (nSPS) is 15.9. The summed E-state index contributed by atoms with van der Waals surface area (Å²) in [4.78, 5) is 13.6. The van der Waals surface area contributed by atoms with Crippen LogP contribution in [-0.4, -0.2) is 49.7 Å². The monoisotopic (exact) mass is 384 g/mol. The summed E-state index contributed by atoms with van der Waals surface area (Å²) < 4.78 is 65.8. The number of piperazine rings is 1. The zero-order chi connectivity index (χ0) is 18.9. The third kappa shape index (κ3) is 3.58. The second kappa shape index (κ2) is 7.08. The number of hydrogen-bond donors (Lipinski definition) is 0. The van der Waals surface area contributed by atoms with Crippen LogP contribution in [-0.2, 0) is 10.0 Å². The Morgan fingerprint density at radius 2 is 1.58 bits per heavy atom. The Hall–Kier alpha value is -2.39. The molecule has 2 aromatic rings. The molecule has 0 unspecified atom stereocenters. The van der Waals surface area contributed by atoms with Gasteiger partial charge in [0.1, 0.15) is 5.82 Å². The Bertz CT molecular complexity index is 942. The van der Waals surface area contributed by atoms with Crippen LogP contribution >= 0.6 is 0 Å². The lowest BCUT2D eigenvalue weighted by atomic mass is 10.1. The summed E-state index contributed by atoms with van der Waals surface area (Å²) in [6.45, 7) is 0.223. The lowest BCUT2D eigenvalue weighted by Crippen LogP contribution is -2.50. The zero-order valence-corrected chi connectivity index (χ0v) is 14.3. The molecule has 1 amide bonds. The molecular weight excluding hydrogens is 369 g/mol. The van der Waals surface area contributed by atoms with E-state index in [1.165, 1.54) is 23.1 Å². The molecule has 1 aliphatic heterocycles. The predicted octanol–water partition coefficient (Wildman–Crippen LogP) is 2.25. The van der Waals surface area contributed by atoms with Crippen LogP contribution < -0.4 is 0 Å². The fourth-order valence-corrected chi connectivity index (χ4v) is 4.17. The van der Waals surface area contributed by atoms with Crippen molar-refractivity contribution in [3.05, 3.63) is 65.5 Å². The first-order valence-corrected chi connectivity index (χ1v) is 9.23. The first-order chi connectivity index (χ1) is 12.3. The number of carbonyl (C=O) groups excluding carboxylic acids is 1. The highest BCUT2D eigenvalue weighted by atomic mass is 32.2. The summed E-state index contributed by atoms with van der Waals surface area (Å²) in [5, 5.41) is 0. The smallest absolute Gasteiger partial charge is 0.254 e. The van der Waals surface area contributed by atoms with Gasteiger partial charge in [-0.3, -0.25) is 4.79 Å². The summed E-state index contributed by atoms with van der Waals surface area (Å²) in [5.74, 6) is -3.33. The number of rotatable bonds is 3. The molecule has 0 aliphatic carbocycles. The summed E-state index contributed by atoms with van der Waals surface area (Å²) in [6, 6.07) is 7.56. The molecule has 1 fully saturated rings. The van der Waals surface area contributed by atoms with Gasteiger partial charge in [-0.1, -0.05) is 6.07 Å². The molecule has 1 heterocycles. The van der Waals surface area contributed by atoms with Crippen LogP contribution in [0.15, 0.2) is 47.4 Å². The first kappa shape index (κ1) is 18.4. The zero-order valence-electron chi connectivity index (χ0n) is 13.5. The van der Waals surface area contributed by atoms with E-state index in [-0.39, 0.29) is 36.6 Å². The number of benzene rings is 2. The standard InChI is InChI=1S/C17H15F3N2O3S/c18-13-2-1-3-14(11-13)26(24,25)22-8-6-21(7-9-22)17(23)12-4-5-15(19)16(20)10-12/h1-5,10-11H,6-9H2. The fraction of sp³-hybridized carbons (Fsp3) is 0.235. The fourth-order valence-electron chi connectivity index (χ4n) is 2.72. The SMILES string of the molecule is O=C(c1ccc(F)c(F)c1)N1CCN(S(=O)(=O)c2cccc(F)c2)CC1. The van der Waals surface area contributed by atoms with Crippen molar-refractivity contribution in [3.8, 4) is 0 Å². The minimum absolute atomic E-state index is 0.00895. The topological polar surface area (TPSA) is 57.7 Å². The molecule has 3 rings (SSSR count). The summed E-state index contributed by atoms with van der Waals surface area (Å²) in [6.07, 6.45) is 0. The average Bonchev–Trinajstić information content (AvgIpc) is 2.63. The van der Waals surface area contributed by atoms with Gasteiger partial charge < -0.3 is 4.90 Å². The van der Waals surface area contributed by atoms with Crippen LogP contribution in [0.5, 0.6) is 0 Å². The largest absolute Gasteiger partial charge is 0.336 e. The van der Waals surface area contributed by atoms with E-state index in [1.54, 1.807) is 0 Å². The van der Waals surface area contributed by atoms with Crippen LogP contribution in [0, 0.1) is 17.5 Å². The molecule has 1 saturated heterocycles. The molecule has 0 atom stereocenters. The van der Waals surface area contributed by atoms with E-state index >= 15 is 0 Å². The maximum atomic E-state index is 13.3. The molecule has 1 aliphatic rings. The molecule has 138 valence electrons. The Labute approximate surface area is 148 Å². The van der Waals surface area contributed by atoms with Gasteiger partial charge in [-0.25, -0.2) is 21.6 Å². The Balaban J connectivity index is 1.70. The minimum Gasteiger partial charge on any atom is -0.336 e. The molecule has 2 aromatic carbocycles. The van der Waals surface area contributed by atoms with Crippen LogP contribution in [0.1, 0.15) is 10.4 Å². The van der Waals surface area contributed by atoms with Crippen molar-refractivity contribution < 1.29 is 26.4 Å². The summed E-state index contributed by atoms with van der Waals surface area (Å²) in [7, 11) is -3.86. The van der Waals surface area contributed by atoms with Crippen molar-refractivity contribution in [3.63, 3.8) is 0 Å². The second-order valence-corrected chi connectivity index (χ2v) is 7.72. The van der Waals surface area contributed by atoms with Gasteiger partial charge >= 0.3 is 0 Å². The first-order valence-electron chi connectivity index (χ1n) is 7.79. The van der Waals surface area contributed by atoms with Crippen molar-refractivity contribution >= 4 is 15.9 Å². The highest BCUT2D eigenvalue weighted by Gasteiger charge is 2.30. The third-order valence-electron chi connectivity index (χ3n) is 4.13. The number of hydrogen-bond acceptors (Lipinski definition) is 3. The lowest BCUT2D eigenvalue weighted by Gasteiger charge is -2.34. The molecule has 0 N–H and O–H groups in total. The molecule has 9 heteroatoms. The number of carbonyl (C=O) groups is 1. The van der Waals surface area contributed by atoms with E-state index in [0.29, 0.717) is 0 Å². The van der Waals surface area contributed by atoms with Crippen molar-refractivity contribution in [1.82, 2.24) is 9.21 Å². The van der Waals surface area contributed by atoms with E-state index in [2.05, 4.69) is 0 Å². The highest BCUT2D eigenvalue weighted by molar-refractivity contribution is 7.89. The van der Waals surface area contributed by atoms with Crippen LogP contribution in [0.4, 0.5) is 13.2 Å². The maximum absolute atomic E-state index is 13.3. The quantitative estimate of drug-likeness (QED) is 0.816. The van der Waals surface area contributed by atoms with E-state index in [4.69, 9.17) is 0 Å². The van der Waals surface area contributed by atoms with Crippen LogP contribution in [0.25, 0.3) is 0 Å². The Morgan fingerprint density at radius 3 is 2.19 bits per heavy atom. The Morgan fingerprint density at radius 1 is 0.885 bits per heavy atom. The van der Waals surface area contributed by atoms with Crippen LogP contribution in [0.2, 0.25) is 0 Å². The van der Waals surface area contributed by atoms with E-state index < -0.39 is 33.4 Å². The van der Waals surface area contributed by atoms with E-state index in [9.17, 15) is 26.4 Å². The molecule has 0 radical (unpaired) electrons. The van der Waals surface area contributed by atoms with Gasteiger partial charge in [-0.15, -0.1) is 0 Å². The minimum atomic E-state index is -3.86. The third-order valence-corrected chi connectivity index (χ3v) is 6.02. The molecule has 0 aromatic heterocycles. The van der Waals surface area contributed by atoms with Gasteiger partial charge in [0, 0.05) is 31.7 Å². The molecule has 0 saturated carbocycles. The van der Waals surface area contributed by atoms with E-state index in [0.717, 1.165) is 28.6 Å². The van der Waals surface area contributed by atoms with Crippen molar-refractivity contribution in [2.45, 2.75) is 4.90 Å². The molecular formula is C17H15F3N2O3S. The van der Waals surface area contributed by atoms with Crippen molar-refractivity contribution in [2.24, 2.45) is 0 Å². The van der Waals surface area contributed by atoms with Gasteiger partial charge in [-0.05, 0) is 36.4 Å². The molecule has 0 spiro atoms. The maximum Gasteiger partial charge on any atom is 0.254 e. The van der Waals surface area contributed by atoms with Crippen molar-refractivity contribution in [1.29, 1.82) is 0 Å². The number of nitrogens with zero attached hydrogens (tertiary/aromatic N) is 2. The number of sulfonamides is 1. The van der Waals surface area contributed by atoms with E-state index in [1.807, 2.05) is 0 Å². The van der Waals surface area contributed by atoms with Gasteiger partial charge in [0.05, 0.1) is 4.90 Å². The number of halogens is 3. The van der Waals surface area contributed by atoms with Crippen LogP contribution in [0.3, 0.4) is 0 Å². The molecule has 5 nitrogen and oxygen atoms in total. The average molecular weight is 384 g/mol. The summed E-state index contributed by atoms with van der Waals surface area (Å²) in [5.41, 5.74) is -0.00895. The van der Waals surface area contributed by atoms with Crippen molar-refractivity contribution in [2.75, 3.05) is 26.2 Å². The Kier molecular flexibility index (Phi) is 5.01.